The van der Waals surface area contributed by atoms with E-state index in [0.29, 0.717) is 6.61 Å². The number of benzene rings is 1. The van der Waals surface area contributed by atoms with E-state index in [-0.39, 0.29) is 12.1 Å². The summed E-state index contributed by atoms with van der Waals surface area (Å²) in [5.74, 6) is 0. The van der Waals surface area contributed by atoms with E-state index in [0.717, 1.165) is 12.8 Å². The zero-order chi connectivity index (χ0) is 13.1. The Kier molecular flexibility index (Phi) is 4.16. The largest absolute Gasteiger partial charge is 0.372 e. The number of hydrogen-bond acceptors (Lipinski definition) is 3. The lowest BCUT2D eigenvalue weighted by atomic mass is 10.1. The molecule has 1 aromatic carbocycles. The molecule has 102 valence electrons. The van der Waals surface area contributed by atoms with Crippen LogP contribution in [0.2, 0.25) is 0 Å². The Morgan fingerprint density at radius 1 is 1.16 bits per heavy atom. The fourth-order valence-corrected chi connectivity index (χ4v) is 3.80. The SMILES string of the molecule is NC1CCCCCC1OCc1csc2ccccc12. The molecule has 19 heavy (non-hydrogen) atoms. The smallest absolute Gasteiger partial charge is 0.0735 e. The highest BCUT2D eigenvalue weighted by Gasteiger charge is 2.21. The van der Waals surface area contributed by atoms with Crippen LogP contribution < -0.4 is 5.73 Å². The van der Waals surface area contributed by atoms with E-state index in [1.807, 2.05) is 0 Å². The highest BCUT2D eigenvalue weighted by Crippen LogP contribution is 2.27. The second kappa shape index (κ2) is 6.04. The van der Waals surface area contributed by atoms with Gasteiger partial charge in [0.25, 0.3) is 0 Å². The van der Waals surface area contributed by atoms with Gasteiger partial charge in [-0.1, -0.05) is 37.5 Å². The number of nitrogens with two attached hydrogens (primary N) is 1. The summed E-state index contributed by atoms with van der Waals surface area (Å²) in [7, 11) is 0. The first-order valence-corrected chi connectivity index (χ1v) is 8.05. The second-order valence-electron chi connectivity index (χ2n) is 5.41. The molecule has 2 atom stereocenters. The Labute approximate surface area is 118 Å². The van der Waals surface area contributed by atoms with Crippen LogP contribution in [0.5, 0.6) is 0 Å². The first-order valence-electron chi connectivity index (χ1n) is 7.17. The molecule has 1 aromatic heterocycles. The van der Waals surface area contributed by atoms with Gasteiger partial charge in [0.1, 0.15) is 0 Å². The quantitative estimate of drug-likeness (QED) is 0.857. The van der Waals surface area contributed by atoms with Crippen molar-refractivity contribution in [2.75, 3.05) is 0 Å². The van der Waals surface area contributed by atoms with Gasteiger partial charge in [-0.05, 0) is 35.2 Å². The number of thiophene rings is 1. The molecular formula is C16H21NOS. The summed E-state index contributed by atoms with van der Waals surface area (Å²) in [4.78, 5) is 0. The number of ether oxygens (including phenoxy) is 1. The van der Waals surface area contributed by atoms with Gasteiger partial charge in [0.15, 0.2) is 0 Å². The van der Waals surface area contributed by atoms with E-state index in [4.69, 9.17) is 10.5 Å². The number of hydrogen-bond donors (Lipinski definition) is 1. The first kappa shape index (κ1) is 13.1. The Morgan fingerprint density at radius 2 is 2.00 bits per heavy atom. The van der Waals surface area contributed by atoms with Crippen LogP contribution in [0.4, 0.5) is 0 Å². The molecule has 2 nitrogen and oxygen atoms in total. The average molecular weight is 275 g/mol. The Bertz CT molecular complexity index is 536. The van der Waals surface area contributed by atoms with Gasteiger partial charge in [-0.25, -0.2) is 0 Å². The van der Waals surface area contributed by atoms with Crippen molar-refractivity contribution in [3.05, 3.63) is 35.2 Å². The van der Waals surface area contributed by atoms with Crippen molar-refractivity contribution < 1.29 is 4.74 Å². The molecule has 2 aromatic rings. The van der Waals surface area contributed by atoms with Gasteiger partial charge in [0, 0.05) is 10.7 Å². The van der Waals surface area contributed by atoms with Crippen LogP contribution in [-0.2, 0) is 11.3 Å². The fraction of sp³-hybridized carbons (Fsp3) is 0.500. The topological polar surface area (TPSA) is 35.2 Å². The third-order valence-electron chi connectivity index (χ3n) is 4.02. The maximum absolute atomic E-state index is 6.21. The fourth-order valence-electron chi connectivity index (χ4n) is 2.85. The second-order valence-corrected chi connectivity index (χ2v) is 6.32. The molecule has 1 aliphatic rings. The van der Waals surface area contributed by atoms with Gasteiger partial charge < -0.3 is 10.5 Å². The standard InChI is InChI=1S/C16H21NOS/c17-14-7-2-1-3-8-15(14)18-10-12-11-19-16-9-5-4-6-13(12)16/h4-6,9,11,14-15H,1-3,7-8,10,17H2. The molecule has 0 saturated heterocycles. The van der Waals surface area contributed by atoms with E-state index in [2.05, 4.69) is 29.6 Å². The molecule has 1 fully saturated rings. The number of fused-ring (bicyclic) bond motifs is 1. The lowest BCUT2D eigenvalue weighted by Crippen LogP contribution is -2.35. The zero-order valence-electron chi connectivity index (χ0n) is 11.2. The molecule has 1 aliphatic carbocycles. The van der Waals surface area contributed by atoms with Gasteiger partial charge >= 0.3 is 0 Å². The predicted molar refractivity (Wildman–Crippen MR) is 81.5 cm³/mol. The van der Waals surface area contributed by atoms with Gasteiger partial charge in [-0.15, -0.1) is 11.3 Å². The third kappa shape index (κ3) is 2.99. The third-order valence-corrected chi connectivity index (χ3v) is 5.03. The highest BCUT2D eigenvalue weighted by atomic mass is 32.1. The summed E-state index contributed by atoms with van der Waals surface area (Å²) < 4.78 is 7.45. The van der Waals surface area contributed by atoms with Gasteiger partial charge in [0.2, 0.25) is 0 Å². The van der Waals surface area contributed by atoms with Gasteiger partial charge in [-0.2, -0.15) is 0 Å². The maximum atomic E-state index is 6.21. The van der Waals surface area contributed by atoms with Crippen LogP contribution in [0.1, 0.15) is 37.7 Å². The molecule has 1 heterocycles. The molecular weight excluding hydrogens is 254 g/mol. The highest BCUT2D eigenvalue weighted by molar-refractivity contribution is 7.17. The molecule has 2 N–H and O–H groups in total. The Morgan fingerprint density at radius 3 is 2.95 bits per heavy atom. The summed E-state index contributed by atoms with van der Waals surface area (Å²) in [5, 5.41) is 3.54. The predicted octanol–water partition coefficient (Wildman–Crippen LogP) is 4.08. The molecule has 1 saturated carbocycles. The lowest BCUT2D eigenvalue weighted by molar-refractivity contribution is 0.0201. The van der Waals surface area contributed by atoms with Crippen molar-refractivity contribution in [2.24, 2.45) is 5.73 Å². The summed E-state index contributed by atoms with van der Waals surface area (Å²) in [5.41, 5.74) is 7.51. The summed E-state index contributed by atoms with van der Waals surface area (Å²) in [6.07, 6.45) is 6.26. The Hall–Kier alpha value is -0.900. The van der Waals surface area contributed by atoms with E-state index in [1.54, 1.807) is 11.3 Å². The van der Waals surface area contributed by atoms with E-state index in [1.165, 1.54) is 34.9 Å². The van der Waals surface area contributed by atoms with Crippen LogP contribution in [0.15, 0.2) is 29.6 Å². The molecule has 0 aliphatic heterocycles. The van der Waals surface area contributed by atoms with Crippen molar-refractivity contribution in [3.63, 3.8) is 0 Å². The van der Waals surface area contributed by atoms with E-state index in [9.17, 15) is 0 Å². The minimum absolute atomic E-state index is 0.215. The van der Waals surface area contributed by atoms with Crippen LogP contribution in [0.25, 0.3) is 10.1 Å². The van der Waals surface area contributed by atoms with E-state index < -0.39 is 0 Å². The number of rotatable bonds is 3. The monoisotopic (exact) mass is 275 g/mol. The normalized spacial score (nSPS) is 24.5. The maximum Gasteiger partial charge on any atom is 0.0735 e. The minimum Gasteiger partial charge on any atom is -0.372 e. The summed E-state index contributed by atoms with van der Waals surface area (Å²) >= 11 is 1.79. The lowest BCUT2D eigenvalue weighted by Gasteiger charge is -2.21. The van der Waals surface area contributed by atoms with Crippen molar-refractivity contribution in [1.29, 1.82) is 0 Å². The van der Waals surface area contributed by atoms with Crippen molar-refractivity contribution in [3.8, 4) is 0 Å². The molecule has 0 spiro atoms. The van der Waals surface area contributed by atoms with Crippen molar-refractivity contribution >= 4 is 21.4 Å². The summed E-state index contributed by atoms with van der Waals surface area (Å²) in [6, 6.07) is 8.74. The van der Waals surface area contributed by atoms with Crippen LogP contribution in [0.3, 0.4) is 0 Å². The van der Waals surface area contributed by atoms with Crippen LogP contribution in [-0.4, -0.2) is 12.1 Å². The molecule has 3 heteroatoms. The molecule has 0 amide bonds. The minimum atomic E-state index is 0.215. The first-order chi connectivity index (χ1) is 9.34. The van der Waals surface area contributed by atoms with Gasteiger partial charge in [0.05, 0.1) is 12.7 Å². The van der Waals surface area contributed by atoms with Crippen LogP contribution in [0, 0.1) is 0 Å². The van der Waals surface area contributed by atoms with Crippen molar-refractivity contribution in [1.82, 2.24) is 0 Å². The average Bonchev–Trinajstić information content (AvgIpc) is 2.73. The molecule has 2 unspecified atom stereocenters. The van der Waals surface area contributed by atoms with E-state index >= 15 is 0 Å². The summed E-state index contributed by atoms with van der Waals surface area (Å²) in [6.45, 7) is 0.697. The molecule has 0 bridgehead atoms. The van der Waals surface area contributed by atoms with Gasteiger partial charge in [-0.3, -0.25) is 0 Å². The Balaban J connectivity index is 1.68. The zero-order valence-corrected chi connectivity index (χ0v) is 12.0. The van der Waals surface area contributed by atoms with Crippen molar-refractivity contribution in [2.45, 2.75) is 50.9 Å². The molecule has 0 radical (unpaired) electrons. The molecule has 3 rings (SSSR count). The van der Waals surface area contributed by atoms with Crippen LogP contribution >= 0.6 is 11.3 Å².